The number of nitrogens with zero attached hydrogens (tertiary/aromatic N) is 5. The molecule has 0 aliphatic rings. The largest absolute Gasteiger partial charge is 0.462 e. The Labute approximate surface area is 174 Å². The summed E-state index contributed by atoms with van der Waals surface area (Å²) in [7, 11) is 0. The standard InChI is InChI=1S/C20H27N7O3/c1-6-30-18(29)14-10-22-19(25-17(14)26-20(4,5)11-28)24-16-7-15-13(8-21-16)9-23-27(15)12(2)3/h7-10,12,28H,6,11H2,1-5H3,(H2,21,22,24,25,26). The summed E-state index contributed by atoms with van der Waals surface area (Å²) in [4.78, 5) is 25.3. The molecule has 3 N–H and O–H groups in total. The van der Waals surface area contributed by atoms with Crippen LogP contribution in [0.1, 0.15) is 51.0 Å². The second kappa shape index (κ2) is 8.62. The molecule has 0 fully saturated rings. The first-order chi connectivity index (χ1) is 14.2. The van der Waals surface area contributed by atoms with Crippen LogP contribution in [0.25, 0.3) is 10.9 Å². The fraction of sp³-hybridized carbons (Fsp3) is 0.450. The van der Waals surface area contributed by atoms with E-state index in [1.807, 2.05) is 10.7 Å². The van der Waals surface area contributed by atoms with Gasteiger partial charge in [0.1, 0.15) is 17.2 Å². The molecular formula is C20H27N7O3. The monoisotopic (exact) mass is 413 g/mol. The van der Waals surface area contributed by atoms with Crippen LogP contribution in [0.2, 0.25) is 0 Å². The summed E-state index contributed by atoms with van der Waals surface area (Å²) >= 11 is 0. The number of aliphatic hydroxyl groups excluding tert-OH is 1. The smallest absolute Gasteiger partial charge is 0.343 e. The first-order valence-corrected chi connectivity index (χ1v) is 9.77. The minimum absolute atomic E-state index is 0.153. The van der Waals surface area contributed by atoms with Crippen LogP contribution in [-0.2, 0) is 4.74 Å². The van der Waals surface area contributed by atoms with Gasteiger partial charge in [0.15, 0.2) is 0 Å². The molecule has 0 saturated carbocycles. The number of aliphatic hydroxyl groups is 1. The Hall–Kier alpha value is -3.27. The molecule has 0 amide bonds. The number of nitrogens with one attached hydrogen (secondary N) is 2. The lowest BCUT2D eigenvalue weighted by Gasteiger charge is -2.25. The van der Waals surface area contributed by atoms with E-state index in [9.17, 15) is 9.90 Å². The number of aromatic nitrogens is 5. The van der Waals surface area contributed by atoms with Crippen molar-refractivity contribution in [1.29, 1.82) is 0 Å². The number of rotatable bonds is 8. The van der Waals surface area contributed by atoms with Crippen molar-refractivity contribution in [1.82, 2.24) is 24.7 Å². The third kappa shape index (κ3) is 4.65. The summed E-state index contributed by atoms with van der Waals surface area (Å²) in [6.45, 7) is 9.49. The molecule has 0 spiro atoms. The van der Waals surface area contributed by atoms with Crippen molar-refractivity contribution < 1.29 is 14.6 Å². The highest BCUT2D eigenvalue weighted by molar-refractivity contribution is 5.94. The Balaban J connectivity index is 1.95. The van der Waals surface area contributed by atoms with Gasteiger partial charge in [-0.15, -0.1) is 0 Å². The lowest BCUT2D eigenvalue weighted by Crippen LogP contribution is -2.36. The number of fused-ring (bicyclic) bond motifs is 1. The zero-order valence-corrected chi connectivity index (χ0v) is 17.8. The molecular weight excluding hydrogens is 386 g/mol. The Morgan fingerprint density at radius 1 is 1.27 bits per heavy atom. The molecule has 3 aromatic rings. The van der Waals surface area contributed by atoms with E-state index in [-0.39, 0.29) is 36.6 Å². The van der Waals surface area contributed by atoms with Crippen LogP contribution in [0, 0.1) is 0 Å². The lowest BCUT2D eigenvalue weighted by molar-refractivity contribution is 0.0526. The number of hydrogen-bond donors (Lipinski definition) is 3. The van der Waals surface area contributed by atoms with Gasteiger partial charge in [-0.25, -0.2) is 14.8 Å². The molecule has 10 heteroatoms. The zero-order valence-electron chi connectivity index (χ0n) is 17.8. The molecule has 0 atom stereocenters. The number of ether oxygens (including phenoxy) is 1. The molecule has 10 nitrogen and oxygen atoms in total. The highest BCUT2D eigenvalue weighted by atomic mass is 16.5. The van der Waals surface area contributed by atoms with Crippen molar-refractivity contribution in [2.75, 3.05) is 23.8 Å². The molecule has 0 aromatic carbocycles. The molecule has 3 aromatic heterocycles. The van der Waals surface area contributed by atoms with Crippen LogP contribution < -0.4 is 10.6 Å². The van der Waals surface area contributed by atoms with Crippen molar-refractivity contribution in [3.05, 3.63) is 30.2 Å². The summed E-state index contributed by atoms with van der Waals surface area (Å²) in [6.07, 6.45) is 4.89. The molecule has 3 heterocycles. The minimum Gasteiger partial charge on any atom is -0.462 e. The summed E-state index contributed by atoms with van der Waals surface area (Å²) in [5, 5.41) is 21.0. The van der Waals surface area contributed by atoms with E-state index in [1.54, 1.807) is 33.2 Å². The predicted octanol–water partition coefficient (Wildman–Crippen LogP) is 2.91. The second-order valence-corrected chi connectivity index (χ2v) is 7.78. The number of anilines is 3. The average molecular weight is 413 g/mol. The van der Waals surface area contributed by atoms with Crippen LogP contribution in [0.4, 0.5) is 17.6 Å². The van der Waals surface area contributed by atoms with Gasteiger partial charge in [-0.2, -0.15) is 10.1 Å². The molecule has 0 bridgehead atoms. The van der Waals surface area contributed by atoms with E-state index >= 15 is 0 Å². The Bertz CT molecular complexity index is 1050. The molecule has 0 aliphatic heterocycles. The van der Waals surface area contributed by atoms with Crippen LogP contribution in [0.3, 0.4) is 0 Å². The van der Waals surface area contributed by atoms with Gasteiger partial charge in [0.05, 0.1) is 30.5 Å². The SMILES string of the molecule is CCOC(=O)c1cnc(Nc2cc3c(cn2)cnn3C(C)C)nc1NC(C)(C)CO. The van der Waals surface area contributed by atoms with Crippen molar-refractivity contribution >= 4 is 34.5 Å². The van der Waals surface area contributed by atoms with E-state index in [4.69, 9.17) is 4.74 Å². The van der Waals surface area contributed by atoms with Gasteiger partial charge in [-0.1, -0.05) is 0 Å². The molecule has 0 radical (unpaired) electrons. The van der Waals surface area contributed by atoms with Gasteiger partial charge in [-0.05, 0) is 34.6 Å². The van der Waals surface area contributed by atoms with Crippen molar-refractivity contribution in [3.63, 3.8) is 0 Å². The molecule has 0 aliphatic carbocycles. The fourth-order valence-electron chi connectivity index (χ4n) is 2.79. The maximum absolute atomic E-state index is 12.3. The predicted molar refractivity (Wildman–Crippen MR) is 114 cm³/mol. The van der Waals surface area contributed by atoms with Crippen LogP contribution in [0.5, 0.6) is 0 Å². The number of hydrogen-bond acceptors (Lipinski definition) is 9. The third-order valence-electron chi connectivity index (χ3n) is 4.35. The first kappa shape index (κ1) is 21.4. The van der Waals surface area contributed by atoms with Crippen molar-refractivity contribution in [2.24, 2.45) is 0 Å². The summed E-state index contributed by atoms with van der Waals surface area (Å²) in [5.41, 5.74) is 0.420. The second-order valence-electron chi connectivity index (χ2n) is 7.78. The van der Waals surface area contributed by atoms with E-state index in [2.05, 4.69) is 44.5 Å². The fourth-order valence-corrected chi connectivity index (χ4v) is 2.79. The van der Waals surface area contributed by atoms with Crippen LogP contribution in [-0.4, -0.2) is 54.6 Å². The number of esters is 1. The van der Waals surface area contributed by atoms with Crippen LogP contribution >= 0.6 is 0 Å². The van der Waals surface area contributed by atoms with E-state index in [1.165, 1.54) is 6.20 Å². The Kier molecular flexibility index (Phi) is 6.16. The van der Waals surface area contributed by atoms with Gasteiger partial charge in [0, 0.05) is 29.9 Å². The van der Waals surface area contributed by atoms with Gasteiger partial charge < -0.3 is 20.5 Å². The maximum atomic E-state index is 12.3. The molecule has 0 unspecified atom stereocenters. The van der Waals surface area contributed by atoms with Crippen molar-refractivity contribution in [3.8, 4) is 0 Å². The van der Waals surface area contributed by atoms with Gasteiger partial charge in [-0.3, -0.25) is 4.68 Å². The van der Waals surface area contributed by atoms with E-state index in [0.29, 0.717) is 5.82 Å². The first-order valence-electron chi connectivity index (χ1n) is 9.77. The highest BCUT2D eigenvalue weighted by Gasteiger charge is 2.23. The van der Waals surface area contributed by atoms with Gasteiger partial charge in [0.2, 0.25) is 5.95 Å². The molecule has 0 saturated heterocycles. The van der Waals surface area contributed by atoms with Crippen molar-refractivity contribution in [2.45, 2.75) is 46.2 Å². The average Bonchev–Trinajstić information content (AvgIpc) is 3.11. The minimum atomic E-state index is -0.701. The summed E-state index contributed by atoms with van der Waals surface area (Å²) in [5.74, 6) is 0.516. The Morgan fingerprint density at radius 3 is 2.70 bits per heavy atom. The maximum Gasteiger partial charge on any atom is 0.343 e. The third-order valence-corrected chi connectivity index (χ3v) is 4.35. The van der Waals surface area contributed by atoms with Crippen LogP contribution in [0.15, 0.2) is 24.7 Å². The molecule has 160 valence electrons. The van der Waals surface area contributed by atoms with E-state index in [0.717, 1.165) is 10.9 Å². The Morgan fingerprint density at radius 2 is 2.03 bits per heavy atom. The van der Waals surface area contributed by atoms with Gasteiger partial charge >= 0.3 is 5.97 Å². The quantitative estimate of drug-likeness (QED) is 0.478. The topological polar surface area (TPSA) is 127 Å². The number of carbonyl (C=O) groups excluding carboxylic acids is 1. The van der Waals surface area contributed by atoms with E-state index < -0.39 is 11.5 Å². The van der Waals surface area contributed by atoms with Gasteiger partial charge in [0.25, 0.3) is 0 Å². The number of carbonyl (C=O) groups is 1. The molecule has 3 rings (SSSR count). The normalized spacial score (nSPS) is 11.7. The number of pyridine rings is 1. The zero-order chi connectivity index (χ0) is 21.9. The summed E-state index contributed by atoms with van der Waals surface area (Å²) in [6, 6.07) is 2.07. The lowest BCUT2D eigenvalue weighted by atomic mass is 10.1. The highest BCUT2D eigenvalue weighted by Crippen LogP contribution is 2.23. The molecule has 30 heavy (non-hydrogen) atoms. The summed E-state index contributed by atoms with van der Waals surface area (Å²) < 4.78 is 6.99.